The van der Waals surface area contributed by atoms with Gasteiger partial charge in [0.1, 0.15) is 6.04 Å². The molecule has 5 N–H and O–H groups in total. The highest BCUT2D eigenvalue weighted by molar-refractivity contribution is 5.24. The molecule has 0 radical (unpaired) electrons. The molecule has 78 valence electrons. The van der Waals surface area contributed by atoms with Crippen molar-refractivity contribution in [3.8, 4) is 0 Å². The van der Waals surface area contributed by atoms with Crippen LogP contribution in [0.3, 0.4) is 0 Å². The first kappa shape index (κ1) is 9.71. The Morgan fingerprint density at radius 2 is 2.07 bits per heavy atom. The maximum atomic E-state index is 11.1. The molecule has 8 nitrogen and oxygen atoms in total. The van der Waals surface area contributed by atoms with Gasteiger partial charge in [-0.2, -0.15) is 5.84 Å². The van der Waals surface area contributed by atoms with Crippen LogP contribution in [0.4, 0.5) is 0 Å². The highest BCUT2D eigenvalue weighted by Crippen LogP contribution is 2.10. The van der Waals surface area contributed by atoms with Crippen molar-refractivity contribution in [1.82, 2.24) is 0 Å². The summed E-state index contributed by atoms with van der Waals surface area (Å²) in [5.41, 5.74) is 0.401. The SMILES string of the molecule is N[NH+]([O-])C1C=C2C(=CC1)[NH+]([O-])O[NH+]2[O-]. The lowest BCUT2D eigenvalue weighted by Crippen LogP contribution is -3.17. The zero-order chi connectivity index (χ0) is 10.3. The number of nitrogens with two attached hydrogens (primary N) is 1. The second kappa shape index (κ2) is 3.38. The molecule has 8 heteroatoms. The molecular weight excluding hydrogens is 192 g/mol. The first-order valence-electron chi connectivity index (χ1n) is 4.08. The van der Waals surface area contributed by atoms with E-state index in [-0.39, 0.29) is 11.4 Å². The lowest BCUT2D eigenvalue weighted by atomic mass is 10.1. The van der Waals surface area contributed by atoms with Gasteiger partial charge in [-0.3, -0.25) is 5.17 Å². The maximum Gasteiger partial charge on any atom is 0.235 e. The molecule has 1 fully saturated rings. The fourth-order valence-electron chi connectivity index (χ4n) is 1.48. The summed E-state index contributed by atoms with van der Waals surface area (Å²) in [6, 6.07) is -0.521. The van der Waals surface area contributed by atoms with Crippen molar-refractivity contribution in [2.75, 3.05) is 0 Å². The molecule has 1 saturated heterocycles. The van der Waals surface area contributed by atoms with Gasteiger partial charge in [-0.25, -0.2) is 0 Å². The molecule has 0 saturated carbocycles. The number of rotatable bonds is 1. The summed E-state index contributed by atoms with van der Waals surface area (Å²) in [6.07, 6.45) is 3.25. The zero-order valence-corrected chi connectivity index (χ0v) is 7.15. The molecule has 4 unspecified atom stereocenters. The van der Waals surface area contributed by atoms with Crippen molar-refractivity contribution in [2.24, 2.45) is 5.84 Å². The molecule has 2 rings (SSSR count). The predicted octanol–water partition coefficient (Wildman–Crippen LogP) is -4.59. The highest BCUT2D eigenvalue weighted by atomic mass is 17.1. The minimum Gasteiger partial charge on any atom is -0.613 e. The minimum absolute atomic E-state index is 0.157. The van der Waals surface area contributed by atoms with E-state index >= 15 is 0 Å². The molecule has 0 amide bonds. The van der Waals surface area contributed by atoms with E-state index in [1.807, 2.05) is 0 Å². The monoisotopic (exact) mass is 202 g/mol. The van der Waals surface area contributed by atoms with Gasteiger partial charge in [0.05, 0.1) is 0 Å². The first-order chi connectivity index (χ1) is 6.59. The van der Waals surface area contributed by atoms with Crippen LogP contribution in [0.25, 0.3) is 0 Å². The van der Waals surface area contributed by atoms with Crippen molar-refractivity contribution in [3.63, 3.8) is 0 Å². The van der Waals surface area contributed by atoms with Gasteiger partial charge in [0.25, 0.3) is 0 Å². The van der Waals surface area contributed by atoms with Crippen LogP contribution in [0.15, 0.2) is 23.5 Å². The summed E-state index contributed by atoms with van der Waals surface area (Å²) in [4.78, 5) is 4.37. The fraction of sp³-hybridized carbons (Fsp3) is 0.333. The van der Waals surface area contributed by atoms with Gasteiger partial charge in [-0.15, -0.1) is 10.5 Å². The van der Waals surface area contributed by atoms with Gasteiger partial charge < -0.3 is 15.6 Å². The molecule has 0 aromatic heterocycles. The number of quaternary nitrogens is 3. The fourth-order valence-corrected chi connectivity index (χ4v) is 1.48. The molecule has 0 bridgehead atoms. The molecule has 14 heavy (non-hydrogen) atoms. The van der Waals surface area contributed by atoms with Crippen molar-refractivity contribution in [2.45, 2.75) is 12.5 Å². The van der Waals surface area contributed by atoms with E-state index in [2.05, 4.69) is 4.94 Å². The highest BCUT2D eigenvalue weighted by Gasteiger charge is 2.38. The van der Waals surface area contributed by atoms with Crippen molar-refractivity contribution in [1.29, 1.82) is 0 Å². The number of hydroxylamine groups is 5. The molecule has 1 aliphatic heterocycles. The Kier molecular flexibility index (Phi) is 2.34. The molecule has 1 aliphatic carbocycles. The molecule has 4 atom stereocenters. The van der Waals surface area contributed by atoms with Crippen LogP contribution in [-0.2, 0) is 4.94 Å². The summed E-state index contributed by atoms with van der Waals surface area (Å²) in [5.74, 6) is 5.08. The third-order valence-corrected chi connectivity index (χ3v) is 2.22. The van der Waals surface area contributed by atoms with E-state index in [0.29, 0.717) is 6.42 Å². The lowest BCUT2D eigenvalue weighted by molar-refractivity contribution is -1.25. The summed E-state index contributed by atoms with van der Waals surface area (Å²) >= 11 is 0. The van der Waals surface area contributed by atoms with Gasteiger partial charge in [0, 0.05) is 17.4 Å². The van der Waals surface area contributed by atoms with E-state index < -0.39 is 21.7 Å². The normalized spacial score (nSPS) is 38.7. The largest absolute Gasteiger partial charge is 0.613 e. The topological polar surface area (TPSA) is 118 Å². The summed E-state index contributed by atoms with van der Waals surface area (Å²) in [7, 11) is 0. The number of nitrogens with one attached hydrogen (secondary N) is 3. The molecule has 0 spiro atoms. The second-order valence-electron chi connectivity index (χ2n) is 3.12. The molecule has 1 heterocycles. The number of fused-ring (bicyclic) bond motifs is 1. The van der Waals surface area contributed by atoms with Crippen LogP contribution in [0.2, 0.25) is 0 Å². The standard InChI is InChI=1S/C6H10N4O4/c7-8(11)4-1-2-5-6(3-4)10(13)14-9(5)12/h2-4,8-10H,1,7H2. The average Bonchev–Trinajstić information content (AvgIpc) is 2.42. The molecular formula is C6H10N4O4. The van der Waals surface area contributed by atoms with Gasteiger partial charge in [0.2, 0.25) is 11.4 Å². The number of hydrogen-bond acceptors (Lipinski definition) is 5. The smallest absolute Gasteiger partial charge is 0.235 e. The Bertz CT molecular complexity index is 302. The maximum absolute atomic E-state index is 11.1. The summed E-state index contributed by atoms with van der Waals surface area (Å²) < 4.78 is 0. The third-order valence-electron chi connectivity index (χ3n) is 2.22. The predicted molar refractivity (Wildman–Crippen MR) is 42.8 cm³/mol. The Hall–Kier alpha value is -0.840. The Morgan fingerprint density at radius 1 is 1.43 bits per heavy atom. The summed E-state index contributed by atoms with van der Waals surface area (Å²) in [6.45, 7) is 0. The van der Waals surface area contributed by atoms with E-state index in [1.54, 1.807) is 0 Å². The lowest BCUT2D eigenvalue weighted by Gasteiger charge is -2.24. The minimum atomic E-state index is -0.702. The Labute approximate surface area is 79.0 Å². The van der Waals surface area contributed by atoms with Gasteiger partial charge in [-0.1, -0.05) is 0 Å². The van der Waals surface area contributed by atoms with Crippen molar-refractivity contribution in [3.05, 3.63) is 39.2 Å². The van der Waals surface area contributed by atoms with E-state index in [9.17, 15) is 15.6 Å². The molecule has 0 aromatic rings. The zero-order valence-electron chi connectivity index (χ0n) is 7.15. The number of hydrogen-bond donors (Lipinski definition) is 4. The van der Waals surface area contributed by atoms with Crippen molar-refractivity contribution < 1.29 is 20.6 Å². The van der Waals surface area contributed by atoms with Crippen LogP contribution in [0.5, 0.6) is 0 Å². The van der Waals surface area contributed by atoms with Crippen LogP contribution in [-0.4, -0.2) is 6.04 Å². The third kappa shape index (κ3) is 1.45. The second-order valence-corrected chi connectivity index (χ2v) is 3.12. The molecule has 0 aromatic carbocycles. The first-order valence-corrected chi connectivity index (χ1v) is 4.08. The van der Waals surface area contributed by atoms with E-state index in [1.165, 1.54) is 12.2 Å². The van der Waals surface area contributed by atoms with Gasteiger partial charge in [-0.05, 0) is 6.08 Å². The van der Waals surface area contributed by atoms with Crippen molar-refractivity contribution >= 4 is 0 Å². The Balaban J connectivity index is 2.25. The van der Waals surface area contributed by atoms with Crippen LogP contribution in [0, 0.1) is 15.6 Å². The quantitative estimate of drug-likeness (QED) is 0.194. The average molecular weight is 202 g/mol. The van der Waals surface area contributed by atoms with Gasteiger partial charge >= 0.3 is 0 Å². The van der Waals surface area contributed by atoms with E-state index in [0.717, 1.165) is 0 Å². The van der Waals surface area contributed by atoms with Crippen LogP contribution in [0.1, 0.15) is 6.42 Å². The van der Waals surface area contributed by atoms with Crippen LogP contribution < -0.4 is 21.5 Å². The molecule has 2 aliphatic rings. The summed E-state index contributed by atoms with van der Waals surface area (Å²) in [5, 5.41) is 31.1. The van der Waals surface area contributed by atoms with E-state index in [4.69, 9.17) is 5.84 Å². The van der Waals surface area contributed by atoms with Crippen LogP contribution >= 0.6 is 0 Å². The Morgan fingerprint density at radius 3 is 2.71 bits per heavy atom. The van der Waals surface area contributed by atoms with Gasteiger partial charge in [0.15, 0.2) is 0 Å².